The van der Waals surface area contributed by atoms with Gasteiger partial charge in [-0.2, -0.15) is 0 Å². The first kappa shape index (κ1) is 34.4. The molecule has 0 aromatic heterocycles. The van der Waals surface area contributed by atoms with Crippen molar-refractivity contribution in [2.45, 2.75) is 68.6 Å². The zero-order valence-corrected chi connectivity index (χ0v) is 17.4. The highest BCUT2D eigenvalue weighted by Crippen LogP contribution is 2.03. The lowest BCUT2D eigenvalue weighted by Crippen LogP contribution is -2.46. The zero-order chi connectivity index (χ0) is 25.9. The minimum atomic E-state index is -1.79. The summed E-state index contributed by atoms with van der Waals surface area (Å²) in [6.45, 7) is -0.157. The molecule has 0 aromatic rings. The second-order valence-corrected chi connectivity index (χ2v) is 6.46. The number of hydrogen-bond donors (Lipinski definition) is 11. The number of carboxylic acids is 3. The lowest BCUT2D eigenvalue weighted by molar-refractivity contribution is -0.140. The summed E-state index contributed by atoms with van der Waals surface area (Å²) >= 11 is 0. The van der Waals surface area contributed by atoms with Gasteiger partial charge in [-0.3, -0.25) is 14.4 Å². The van der Waals surface area contributed by atoms with Crippen LogP contribution in [0.1, 0.15) is 32.1 Å². The predicted molar refractivity (Wildman–Crippen MR) is 108 cm³/mol. The third-order valence-corrected chi connectivity index (χ3v) is 3.69. The first-order valence-electron chi connectivity index (χ1n) is 9.43. The largest absolute Gasteiger partial charge is 0.481 e. The van der Waals surface area contributed by atoms with Crippen molar-refractivity contribution >= 4 is 24.2 Å². The Morgan fingerprint density at radius 1 is 0.812 bits per heavy atom. The van der Waals surface area contributed by atoms with Crippen molar-refractivity contribution in [1.82, 2.24) is 0 Å². The molecule has 0 rings (SSSR count). The summed E-state index contributed by atoms with van der Waals surface area (Å²) in [5, 5.41) is 68.1. The van der Waals surface area contributed by atoms with Crippen molar-refractivity contribution < 1.29 is 60.0 Å². The monoisotopic (exact) mass is 473 g/mol. The standard InChI is InChI=1S/C6H14N2O2.C6H12O6.C5H9NO4/c7-4-2-1-3-5(8)6(9)10;7-1-3(9)5(11)6(12)4(10)2-8;6-3(5(9)10)1-2-4(7)8/h5H,1-4,7-8H2,(H,9,10);1,3-6,8-12H,2H2;3H,1-2,6H2,(H,7,8)(H,9,10). The number of aldehydes is 1. The first-order chi connectivity index (χ1) is 14.8. The summed E-state index contributed by atoms with van der Waals surface area (Å²) in [6, 6.07) is -1.78. The van der Waals surface area contributed by atoms with E-state index in [2.05, 4.69) is 0 Å². The molecule has 0 aliphatic rings. The van der Waals surface area contributed by atoms with Gasteiger partial charge in [0.1, 0.15) is 36.5 Å². The molecule has 15 heteroatoms. The van der Waals surface area contributed by atoms with E-state index in [-0.39, 0.29) is 19.1 Å². The maximum atomic E-state index is 10.1. The van der Waals surface area contributed by atoms with Crippen LogP contribution in [0.4, 0.5) is 0 Å². The maximum absolute atomic E-state index is 10.1. The van der Waals surface area contributed by atoms with Crippen LogP contribution in [0, 0.1) is 0 Å². The third kappa shape index (κ3) is 19.7. The Labute approximate surface area is 184 Å². The fraction of sp³-hybridized carbons (Fsp3) is 0.765. The average Bonchev–Trinajstić information content (AvgIpc) is 2.75. The second kappa shape index (κ2) is 20.7. The van der Waals surface area contributed by atoms with Gasteiger partial charge in [-0.15, -0.1) is 0 Å². The van der Waals surface area contributed by atoms with Crippen molar-refractivity contribution in [3.05, 3.63) is 0 Å². The molecule has 6 unspecified atom stereocenters. The van der Waals surface area contributed by atoms with E-state index < -0.39 is 61.0 Å². The number of aliphatic hydroxyl groups is 5. The number of carboxylic acid groups (broad SMARTS) is 3. The number of aliphatic carboxylic acids is 3. The molecule has 6 atom stereocenters. The Morgan fingerprint density at radius 3 is 1.62 bits per heavy atom. The van der Waals surface area contributed by atoms with E-state index in [0.29, 0.717) is 13.0 Å². The predicted octanol–water partition coefficient (Wildman–Crippen LogP) is -4.59. The lowest BCUT2D eigenvalue weighted by Gasteiger charge is -2.22. The Hall–Kier alpha value is -2.24. The van der Waals surface area contributed by atoms with Gasteiger partial charge in [-0.1, -0.05) is 6.42 Å². The summed E-state index contributed by atoms with van der Waals surface area (Å²) in [5.74, 6) is -3.13. The Morgan fingerprint density at radius 2 is 1.28 bits per heavy atom. The fourth-order valence-electron chi connectivity index (χ4n) is 1.65. The Bertz CT molecular complexity index is 537. The summed E-state index contributed by atoms with van der Waals surface area (Å²) in [6.07, 6.45) is -4.90. The lowest BCUT2D eigenvalue weighted by atomic mass is 10.0. The van der Waals surface area contributed by atoms with E-state index in [9.17, 15) is 19.2 Å². The van der Waals surface area contributed by atoms with Gasteiger partial charge in [0.05, 0.1) is 6.61 Å². The zero-order valence-electron chi connectivity index (χ0n) is 17.4. The van der Waals surface area contributed by atoms with Gasteiger partial charge in [0.2, 0.25) is 0 Å². The summed E-state index contributed by atoms with van der Waals surface area (Å²) in [7, 11) is 0. The van der Waals surface area contributed by atoms with Crippen LogP contribution in [0.25, 0.3) is 0 Å². The number of aliphatic hydroxyl groups excluding tert-OH is 5. The molecule has 0 spiro atoms. The molecule has 0 aliphatic carbocycles. The van der Waals surface area contributed by atoms with Crippen molar-refractivity contribution in [2.24, 2.45) is 17.2 Å². The minimum Gasteiger partial charge on any atom is -0.481 e. The number of carbonyl (C=O) groups is 4. The van der Waals surface area contributed by atoms with Crippen molar-refractivity contribution in [3.63, 3.8) is 0 Å². The molecule has 0 aromatic carbocycles. The average molecular weight is 473 g/mol. The Kier molecular flexibility index (Phi) is 22.2. The summed E-state index contributed by atoms with van der Waals surface area (Å²) in [5.41, 5.74) is 15.4. The molecule has 0 saturated heterocycles. The van der Waals surface area contributed by atoms with Crippen LogP contribution in [0.2, 0.25) is 0 Å². The number of hydrogen-bond acceptors (Lipinski definition) is 12. The number of nitrogens with two attached hydrogens (primary N) is 3. The van der Waals surface area contributed by atoms with Crippen molar-refractivity contribution in [1.29, 1.82) is 0 Å². The molecular weight excluding hydrogens is 438 g/mol. The molecule has 0 heterocycles. The SMILES string of the molecule is NC(CCC(=O)O)C(=O)O.NCCCCC(N)C(=O)O.O=CC(O)C(O)C(O)C(O)CO. The minimum absolute atomic E-state index is 0.0231. The highest BCUT2D eigenvalue weighted by Gasteiger charge is 2.29. The van der Waals surface area contributed by atoms with Gasteiger partial charge in [0.15, 0.2) is 6.29 Å². The van der Waals surface area contributed by atoms with Crippen LogP contribution < -0.4 is 17.2 Å². The maximum Gasteiger partial charge on any atom is 0.320 e. The normalized spacial score (nSPS) is 15.9. The van der Waals surface area contributed by atoms with Crippen LogP contribution >= 0.6 is 0 Å². The smallest absolute Gasteiger partial charge is 0.320 e. The highest BCUT2D eigenvalue weighted by atomic mass is 16.4. The van der Waals surface area contributed by atoms with Crippen LogP contribution in [-0.4, -0.2) is 115 Å². The fourth-order valence-corrected chi connectivity index (χ4v) is 1.65. The summed E-state index contributed by atoms with van der Waals surface area (Å²) < 4.78 is 0. The third-order valence-electron chi connectivity index (χ3n) is 3.69. The van der Waals surface area contributed by atoms with Crippen LogP contribution in [-0.2, 0) is 19.2 Å². The number of rotatable bonds is 14. The topological polar surface area (TPSA) is 308 Å². The van der Waals surface area contributed by atoms with Gasteiger partial charge in [-0.25, -0.2) is 0 Å². The molecule has 0 bridgehead atoms. The van der Waals surface area contributed by atoms with Gasteiger partial charge in [0, 0.05) is 6.42 Å². The van der Waals surface area contributed by atoms with E-state index in [1.165, 1.54) is 0 Å². The van der Waals surface area contributed by atoms with E-state index >= 15 is 0 Å². The molecule has 32 heavy (non-hydrogen) atoms. The van der Waals surface area contributed by atoms with Gasteiger partial charge >= 0.3 is 17.9 Å². The van der Waals surface area contributed by atoms with Gasteiger partial charge in [-0.05, 0) is 25.8 Å². The number of unbranched alkanes of at least 4 members (excludes halogenated alkanes) is 1. The first-order valence-corrected chi connectivity index (χ1v) is 9.43. The molecule has 0 amide bonds. The van der Waals surface area contributed by atoms with Crippen LogP contribution in [0.15, 0.2) is 0 Å². The Balaban J connectivity index is -0.000000397. The van der Waals surface area contributed by atoms with Crippen LogP contribution in [0.3, 0.4) is 0 Å². The molecule has 0 aliphatic heterocycles. The second-order valence-electron chi connectivity index (χ2n) is 6.46. The van der Waals surface area contributed by atoms with Crippen molar-refractivity contribution in [3.8, 4) is 0 Å². The molecule has 15 nitrogen and oxygen atoms in total. The van der Waals surface area contributed by atoms with E-state index in [1.807, 2.05) is 0 Å². The highest BCUT2D eigenvalue weighted by molar-refractivity contribution is 5.74. The van der Waals surface area contributed by atoms with E-state index in [4.69, 9.17) is 58.1 Å². The van der Waals surface area contributed by atoms with Crippen LogP contribution in [0.5, 0.6) is 0 Å². The quantitative estimate of drug-likeness (QED) is 0.0835. The number of carbonyl (C=O) groups excluding carboxylic acids is 1. The van der Waals surface area contributed by atoms with E-state index in [0.717, 1.165) is 12.8 Å². The molecule has 190 valence electrons. The van der Waals surface area contributed by atoms with Crippen molar-refractivity contribution in [2.75, 3.05) is 13.2 Å². The molecular formula is C17H35N3O12. The van der Waals surface area contributed by atoms with E-state index in [1.54, 1.807) is 0 Å². The molecule has 14 N–H and O–H groups in total. The molecule has 0 radical (unpaired) electrons. The summed E-state index contributed by atoms with van der Waals surface area (Å²) in [4.78, 5) is 39.9. The molecule has 0 saturated carbocycles. The molecule has 0 fully saturated rings. The van der Waals surface area contributed by atoms with Gasteiger partial charge in [0.25, 0.3) is 0 Å². The van der Waals surface area contributed by atoms with Gasteiger partial charge < -0.3 is 62.8 Å².